The fraction of sp³-hybridized carbons (Fsp3) is 0.235. The van der Waals surface area contributed by atoms with Gasteiger partial charge in [0.2, 0.25) is 0 Å². The lowest BCUT2D eigenvalue weighted by atomic mass is 10.1. The average molecular weight is 287 g/mol. The van der Waals surface area contributed by atoms with E-state index in [0.29, 0.717) is 22.9 Å². The summed E-state index contributed by atoms with van der Waals surface area (Å²) < 4.78 is 5.74. The number of fused-ring (bicyclic) bond motifs is 1. The van der Waals surface area contributed by atoms with E-state index in [-0.39, 0.29) is 0 Å². The van der Waals surface area contributed by atoms with E-state index in [9.17, 15) is 4.79 Å². The molecule has 0 aromatic heterocycles. The molecule has 0 saturated heterocycles. The van der Waals surface area contributed by atoms with Gasteiger partial charge in [-0.2, -0.15) is 0 Å². The van der Waals surface area contributed by atoms with E-state index in [1.807, 2.05) is 0 Å². The number of carbonyl (C=O) groups is 1. The molecule has 0 heterocycles. The van der Waals surface area contributed by atoms with Crippen molar-refractivity contribution in [1.29, 1.82) is 0 Å². The lowest BCUT2D eigenvalue weighted by Gasteiger charge is -2.10. The molecule has 1 aliphatic carbocycles. The second-order valence-corrected chi connectivity index (χ2v) is 5.48. The third-order valence-corrected chi connectivity index (χ3v) is 3.89. The Morgan fingerprint density at radius 3 is 2.80 bits per heavy atom. The van der Waals surface area contributed by atoms with Gasteiger partial charge in [0.15, 0.2) is 6.29 Å². The summed E-state index contributed by atoms with van der Waals surface area (Å²) >= 11 is 5.86. The molecule has 3 rings (SSSR count). The molecule has 0 unspecified atom stereocenters. The summed E-state index contributed by atoms with van der Waals surface area (Å²) in [6, 6.07) is 11.6. The van der Waals surface area contributed by atoms with Crippen molar-refractivity contribution in [3.8, 4) is 5.75 Å². The highest BCUT2D eigenvalue weighted by atomic mass is 35.5. The van der Waals surface area contributed by atoms with E-state index in [1.165, 1.54) is 24.0 Å². The number of hydrogen-bond donors (Lipinski definition) is 0. The number of hydrogen-bond acceptors (Lipinski definition) is 2. The molecule has 0 fully saturated rings. The quantitative estimate of drug-likeness (QED) is 0.787. The largest absolute Gasteiger partial charge is 0.488 e. The molecule has 0 saturated carbocycles. The Kier molecular flexibility index (Phi) is 3.75. The molecule has 2 nitrogen and oxygen atoms in total. The summed E-state index contributed by atoms with van der Waals surface area (Å²) in [4.78, 5) is 11.0. The van der Waals surface area contributed by atoms with Crippen molar-refractivity contribution in [1.82, 2.24) is 0 Å². The van der Waals surface area contributed by atoms with Gasteiger partial charge in [-0.3, -0.25) is 4.79 Å². The molecule has 0 atom stereocenters. The highest BCUT2D eigenvalue weighted by Gasteiger charge is 2.11. The second-order valence-electron chi connectivity index (χ2n) is 5.05. The molecule has 2 aromatic carbocycles. The lowest BCUT2D eigenvalue weighted by Crippen LogP contribution is -1.99. The average Bonchev–Trinajstić information content (AvgIpc) is 2.93. The summed E-state index contributed by atoms with van der Waals surface area (Å²) in [5.74, 6) is 0.574. The summed E-state index contributed by atoms with van der Waals surface area (Å²) in [5.41, 5.74) is 4.50. The summed E-state index contributed by atoms with van der Waals surface area (Å²) in [5, 5.41) is 0.539. The first kappa shape index (κ1) is 13.2. The molecule has 2 aromatic rings. The SMILES string of the molecule is O=Cc1cc(Cl)ccc1OCc1ccc2c(c1)CCC2. The van der Waals surface area contributed by atoms with Gasteiger partial charge in [0.25, 0.3) is 0 Å². The van der Waals surface area contributed by atoms with E-state index in [0.717, 1.165) is 18.3 Å². The first-order chi connectivity index (χ1) is 9.76. The Hall–Kier alpha value is -1.80. The molecular formula is C17H15ClO2. The third-order valence-electron chi connectivity index (χ3n) is 3.66. The number of rotatable bonds is 4. The van der Waals surface area contributed by atoms with E-state index in [4.69, 9.17) is 16.3 Å². The molecule has 1 aliphatic rings. The summed E-state index contributed by atoms with van der Waals surface area (Å²) in [7, 11) is 0. The van der Waals surface area contributed by atoms with E-state index in [2.05, 4.69) is 18.2 Å². The number of benzene rings is 2. The van der Waals surface area contributed by atoms with Crippen LogP contribution in [0.3, 0.4) is 0 Å². The normalized spacial score (nSPS) is 13.1. The Balaban J connectivity index is 1.75. The monoisotopic (exact) mass is 286 g/mol. The molecule has 102 valence electrons. The fourth-order valence-electron chi connectivity index (χ4n) is 2.62. The van der Waals surface area contributed by atoms with E-state index >= 15 is 0 Å². The van der Waals surface area contributed by atoms with Gasteiger partial charge in [-0.1, -0.05) is 29.8 Å². The number of carbonyl (C=O) groups excluding carboxylic acids is 1. The van der Waals surface area contributed by atoms with Crippen LogP contribution in [0.1, 0.15) is 33.5 Å². The van der Waals surface area contributed by atoms with Crippen molar-refractivity contribution in [3.05, 3.63) is 63.7 Å². The van der Waals surface area contributed by atoms with Gasteiger partial charge in [0.1, 0.15) is 12.4 Å². The Labute approximate surface area is 123 Å². The van der Waals surface area contributed by atoms with Gasteiger partial charge in [-0.25, -0.2) is 0 Å². The van der Waals surface area contributed by atoms with Crippen LogP contribution in [-0.4, -0.2) is 6.29 Å². The maximum Gasteiger partial charge on any atom is 0.153 e. The van der Waals surface area contributed by atoms with Crippen molar-refractivity contribution >= 4 is 17.9 Å². The lowest BCUT2D eigenvalue weighted by molar-refractivity contribution is 0.111. The van der Waals surface area contributed by atoms with Gasteiger partial charge < -0.3 is 4.74 Å². The van der Waals surface area contributed by atoms with Crippen LogP contribution in [0.15, 0.2) is 36.4 Å². The number of aryl methyl sites for hydroxylation is 2. The van der Waals surface area contributed by atoms with Crippen molar-refractivity contribution in [3.63, 3.8) is 0 Å². The molecular weight excluding hydrogens is 272 g/mol. The molecule has 0 aliphatic heterocycles. The smallest absolute Gasteiger partial charge is 0.153 e. The molecule has 0 radical (unpaired) electrons. The minimum Gasteiger partial charge on any atom is -0.488 e. The van der Waals surface area contributed by atoms with Crippen molar-refractivity contribution in [2.75, 3.05) is 0 Å². The van der Waals surface area contributed by atoms with Crippen LogP contribution < -0.4 is 4.74 Å². The predicted octanol–water partition coefficient (Wildman–Crippen LogP) is 4.22. The van der Waals surface area contributed by atoms with Gasteiger partial charge in [0.05, 0.1) is 5.56 Å². The maximum atomic E-state index is 11.0. The molecule has 0 spiro atoms. The molecule has 0 N–H and O–H groups in total. The fourth-order valence-corrected chi connectivity index (χ4v) is 2.80. The summed E-state index contributed by atoms with van der Waals surface area (Å²) in [6.07, 6.45) is 4.35. The number of aldehydes is 1. The van der Waals surface area contributed by atoms with E-state index in [1.54, 1.807) is 18.2 Å². The van der Waals surface area contributed by atoms with Crippen LogP contribution in [0.25, 0.3) is 0 Å². The van der Waals surface area contributed by atoms with Crippen LogP contribution in [0.2, 0.25) is 5.02 Å². The van der Waals surface area contributed by atoms with Gasteiger partial charge in [-0.05, 0) is 54.2 Å². The minimum atomic E-state index is 0.468. The van der Waals surface area contributed by atoms with Crippen LogP contribution >= 0.6 is 11.6 Å². The molecule has 0 amide bonds. The Bertz CT molecular complexity index is 649. The first-order valence-electron chi connectivity index (χ1n) is 6.74. The second kappa shape index (κ2) is 5.68. The molecule has 0 bridgehead atoms. The van der Waals surface area contributed by atoms with Gasteiger partial charge >= 0.3 is 0 Å². The molecule has 3 heteroatoms. The van der Waals surface area contributed by atoms with Crippen LogP contribution in [-0.2, 0) is 19.4 Å². The third kappa shape index (κ3) is 2.70. The van der Waals surface area contributed by atoms with Crippen LogP contribution in [0.5, 0.6) is 5.75 Å². The van der Waals surface area contributed by atoms with Crippen LogP contribution in [0, 0.1) is 0 Å². The minimum absolute atomic E-state index is 0.468. The maximum absolute atomic E-state index is 11.0. The Morgan fingerprint density at radius 1 is 1.10 bits per heavy atom. The summed E-state index contributed by atoms with van der Waals surface area (Å²) in [6.45, 7) is 0.468. The van der Waals surface area contributed by atoms with Gasteiger partial charge in [-0.15, -0.1) is 0 Å². The zero-order valence-electron chi connectivity index (χ0n) is 11.1. The number of ether oxygens (including phenoxy) is 1. The standard InChI is InChI=1S/C17H15ClO2/c18-16-6-7-17(15(9-16)10-19)20-11-12-4-5-13-2-1-3-14(13)8-12/h4-10H,1-3,11H2. The zero-order valence-corrected chi connectivity index (χ0v) is 11.8. The van der Waals surface area contributed by atoms with Gasteiger partial charge in [0, 0.05) is 5.02 Å². The van der Waals surface area contributed by atoms with Crippen molar-refractivity contribution in [2.45, 2.75) is 25.9 Å². The van der Waals surface area contributed by atoms with E-state index < -0.39 is 0 Å². The zero-order chi connectivity index (χ0) is 13.9. The first-order valence-corrected chi connectivity index (χ1v) is 7.12. The highest BCUT2D eigenvalue weighted by Crippen LogP contribution is 2.25. The predicted molar refractivity (Wildman–Crippen MR) is 79.6 cm³/mol. The van der Waals surface area contributed by atoms with Crippen molar-refractivity contribution in [2.24, 2.45) is 0 Å². The van der Waals surface area contributed by atoms with Crippen molar-refractivity contribution < 1.29 is 9.53 Å². The molecule has 20 heavy (non-hydrogen) atoms. The Morgan fingerprint density at radius 2 is 1.95 bits per heavy atom. The van der Waals surface area contributed by atoms with Crippen LogP contribution in [0.4, 0.5) is 0 Å². The topological polar surface area (TPSA) is 26.3 Å². The highest BCUT2D eigenvalue weighted by molar-refractivity contribution is 6.30. The number of halogens is 1.